The molecule has 1 rings (SSSR count). The Morgan fingerprint density at radius 2 is 2.45 bits per heavy atom. The Hall–Kier alpha value is -1.09. The summed E-state index contributed by atoms with van der Waals surface area (Å²) in [5, 5.41) is 3.58. The van der Waals surface area contributed by atoms with E-state index in [1.807, 2.05) is 12.1 Å². The third-order valence-corrected chi connectivity index (χ3v) is 0.992. The normalized spacial score (nSPS) is 9.18. The molecule has 0 amide bonds. The zero-order valence-electron chi connectivity index (χ0n) is 6.10. The number of hydrogen-bond donors (Lipinski definition) is 0. The lowest BCUT2D eigenvalue weighted by Crippen LogP contribution is -1.81. The van der Waals surface area contributed by atoms with Gasteiger partial charge in [0.2, 0.25) is 0 Å². The summed E-state index contributed by atoms with van der Waals surface area (Å²) >= 11 is 0. The summed E-state index contributed by atoms with van der Waals surface area (Å²) in [4.78, 5) is 8.38. The van der Waals surface area contributed by atoms with Gasteiger partial charge < -0.3 is 4.84 Å². The maximum absolute atomic E-state index is 4.49. The van der Waals surface area contributed by atoms with Crippen LogP contribution in [0.1, 0.15) is 5.56 Å². The highest BCUT2D eigenvalue weighted by atomic mass is 35.5. The molecule has 11 heavy (non-hydrogen) atoms. The van der Waals surface area contributed by atoms with E-state index in [9.17, 15) is 0 Å². The maximum Gasteiger partial charge on any atom is 0.106 e. The number of rotatable bonds is 2. The predicted octanol–water partition coefficient (Wildman–Crippen LogP) is 1.48. The SMILES string of the molecule is CO/N=C/c1cccnc1.Cl. The number of pyridine rings is 1. The van der Waals surface area contributed by atoms with E-state index in [0.29, 0.717) is 0 Å². The van der Waals surface area contributed by atoms with E-state index in [1.165, 1.54) is 7.11 Å². The van der Waals surface area contributed by atoms with Gasteiger partial charge in [-0.2, -0.15) is 0 Å². The average molecular weight is 173 g/mol. The van der Waals surface area contributed by atoms with E-state index in [4.69, 9.17) is 0 Å². The molecule has 0 fully saturated rings. The molecule has 4 heteroatoms. The van der Waals surface area contributed by atoms with Gasteiger partial charge in [0, 0.05) is 18.0 Å². The Morgan fingerprint density at radius 3 is 3.00 bits per heavy atom. The van der Waals surface area contributed by atoms with Gasteiger partial charge in [-0.05, 0) is 6.07 Å². The topological polar surface area (TPSA) is 34.5 Å². The maximum atomic E-state index is 4.49. The molecule has 0 saturated carbocycles. The van der Waals surface area contributed by atoms with E-state index < -0.39 is 0 Å². The predicted molar refractivity (Wildman–Crippen MR) is 46.1 cm³/mol. The summed E-state index contributed by atoms with van der Waals surface area (Å²) in [6, 6.07) is 3.74. The highest BCUT2D eigenvalue weighted by molar-refractivity contribution is 5.85. The van der Waals surface area contributed by atoms with Crippen LogP contribution in [0.5, 0.6) is 0 Å². The highest BCUT2D eigenvalue weighted by Crippen LogP contribution is 1.89. The minimum Gasteiger partial charge on any atom is -0.399 e. The Kier molecular flexibility index (Phi) is 5.11. The van der Waals surface area contributed by atoms with Gasteiger partial charge in [-0.25, -0.2) is 0 Å². The van der Waals surface area contributed by atoms with Gasteiger partial charge in [0.25, 0.3) is 0 Å². The standard InChI is InChI=1S/C7H8N2O.ClH/c1-10-9-6-7-3-2-4-8-5-7;/h2-6H,1H3;1H/b9-6+;. The second-order valence-electron chi connectivity index (χ2n) is 1.70. The molecule has 0 unspecified atom stereocenters. The Balaban J connectivity index is 0.000001000. The number of hydrogen-bond acceptors (Lipinski definition) is 3. The number of aromatic nitrogens is 1. The van der Waals surface area contributed by atoms with Crippen LogP contribution < -0.4 is 0 Å². The molecule has 60 valence electrons. The monoisotopic (exact) mass is 172 g/mol. The molecular weight excluding hydrogens is 164 g/mol. The van der Waals surface area contributed by atoms with Crippen LogP contribution in [-0.4, -0.2) is 18.3 Å². The number of halogens is 1. The van der Waals surface area contributed by atoms with Crippen molar-refractivity contribution in [3.05, 3.63) is 30.1 Å². The highest BCUT2D eigenvalue weighted by Gasteiger charge is 1.82. The minimum atomic E-state index is 0. The molecule has 1 aromatic rings. The second kappa shape index (κ2) is 5.68. The summed E-state index contributed by atoms with van der Waals surface area (Å²) in [5.74, 6) is 0. The molecule has 0 atom stereocenters. The van der Waals surface area contributed by atoms with Gasteiger partial charge >= 0.3 is 0 Å². The van der Waals surface area contributed by atoms with Crippen molar-refractivity contribution in [3.63, 3.8) is 0 Å². The summed E-state index contributed by atoms with van der Waals surface area (Å²) in [5.41, 5.74) is 0.935. The largest absolute Gasteiger partial charge is 0.399 e. The van der Waals surface area contributed by atoms with Crippen molar-refractivity contribution >= 4 is 18.6 Å². The quantitative estimate of drug-likeness (QED) is 0.500. The fourth-order valence-corrected chi connectivity index (χ4v) is 0.566. The summed E-state index contributed by atoms with van der Waals surface area (Å²) in [6.45, 7) is 0. The molecule has 3 nitrogen and oxygen atoms in total. The molecule has 1 aromatic heterocycles. The zero-order valence-corrected chi connectivity index (χ0v) is 6.91. The van der Waals surface area contributed by atoms with Crippen molar-refractivity contribution < 1.29 is 4.84 Å². The van der Waals surface area contributed by atoms with Crippen LogP contribution in [0.2, 0.25) is 0 Å². The van der Waals surface area contributed by atoms with Crippen LogP contribution in [-0.2, 0) is 4.84 Å². The van der Waals surface area contributed by atoms with Gasteiger partial charge in [0.1, 0.15) is 7.11 Å². The lowest BCUT2D eigenvalue weighted by Gasteiger charge is -1.87. The molecule has 0 radical (unpaired) electrons. The van der Waals surface area contributed by atoms with E-state index in [2.05, 4.69) is 15.0 Å². The lowest BCUT2D eigenvalue weighted by molar-refractivity contribution is 0.215. The van der Waals surface area contributed by atoms with Crippen LogP contribution >= 0.6 is 12.4 Å². The van der Waals surface area contributed by atoms with Crippen molar-refractivity contribution in [2.45, 2.75) is 0 Å². The van der Waals surface area contributed by atoms with E-state index >= 15 is 0 Å². The van der Waals surface area contributed by atoms with Gasteiger partial charge in [-0.15, -0.1) is 12.4 Å². The molecule has 0 aliphatic rings. The van der Waals surface area contributed by atoms with Gasteiger partial charge in [-0.1, -0.05) is 11.2 Å². The van der Waals surface area contributed by atoms with Crippen molar-refractivity contribution in [2.24, 2.45) is 5.16 Å². The molecule has 1 heterocycles. The second-order valence-corrected chi connectivity index (χ2v) is 1.70. The molecule has 0 bridgehead atoms. The van der Waals surface area contributed by atoms with Crippen LogP contribution in [0.4, 0.5) is 0 Å². The molecule has 0 saturated heterocycles. The average Bonchev–Trinajstić information content (AvgIpc) is 2.03. The van der Waals surface area contributed by atoms with Crippen LogP contribution in [0.3, 0.4) is 0 Å². The first-order chi connectivity index (χ1) is 4.93. The fourth-order valence-electron chi connectivity index (χ4n) is 0.566. The number of nitrogens with zero attached hydrogens (tertiary/aromatic N) is 2. The molecule has 0 aromatic carbocycles. The van der Waals surface area contributed by atoms with Crippen LogP contribution in [0, 0.1) is 0 Å². The molecule has 0 aliphatic carbocycles. The molecule has 0 N–H and O–H groups in total. The van der Waals surface area contributed by atoms with Crippen molar-refractivity contribution in [1.82, 2.24) is 4.98 Å². The van der Waals surface area contributed by atoms with Crippen LogP contribution in [0.25, 0.3) is 0 Å². The first-order valence-corrected chi connectivity index (χ1v) is 2.90. The Bertz CT molecular complexity index is 213. The molecular formula is C7H9ClN2O. The zero-order chi connectivity index (χ0) is 7.23. The molecule has 0 spiro atoms. The third kappa shape index (κ3) is 3.57. The lowest BCUT2D eigenvalue weighted by atomic mass is 10.3. The third-order valence-electron chi connectivity index (χ3n) is 0.992. The van der Waals surface area contributed by atoms with Gasteiger partial charge in [0.05, 0.1) is 6.21 Å². The molecule has 0 aliphatic heterocycles. The Morgan fingerprint density at radius 1 is 1.64 bits per heavy atom. The van der Waals surface area contributed by atoms with E-state index in [1.54, 1.807) is 18.6 Å². The van der Waals surface area contributed by atoms with Gasteiger partial charge in [-0.3, -0.25) is 4.98 Å². The number of oxime groups is 1. The summed E-state index contributed by atoms with van der Waals surface area (Å²) in [7, 11) is 1.51. The first kappa shape index (κ1) is 9.91. The van der Waals surface area contributed by atoms with Crippen LogP contribution in [0.15, 0.2) is 29.7 Å². The summed E-state index contributed by atoms with van der Waals surface area (Å²) in [6.07, 6.45) is 5.03. The van der Waals surface area contributed by atoms with Crippen molar-refractivity contribution in [3.8, 4) is 0 Å². The first-order valence-electron chi connectivity index (χ1n) is 2.90. The van der Waals surface area contributed by atoms with E-state index in [0.717, 1.165) is 5.56 Å². The Labute approximate surface area is 71.5 Å². The summed E-state index contributed by atoms with van der Waals surface area (Å²) < 4.78 is 0. The fraction of sp³-hybridized carbons (Fsp3) is 0.143. The smallest absolute Gasteiger partial charge is 0.106 e. The van der Waals surface area contributed by atoms with E-state index in [-0.39, 0.29) is 12.4 Å². The van der Waals surface area contributed by atoms with Gasteiger partial charge in [0.15, 0.2) is 0 Å². The van der Waals surface area contributed by atoms with Crippen molar-refractivity contribution in [1.29, 1.82) is 0 Å². The van der Waals surface area contributed by atoms with Crippen molar-refractivity contribution in [2.75, 3.05) is 7.11 Å². The minimum absolute atomic E-state index is 0.